The van der Waals surface area contributed by atoms with Crippen LogP contribution in [-0.4, -0.2) is 39.8 Å². The number of nitrogens with zero attached hydrogens (tertiary/aromatic N) is 2. The van der Waals surface area contributed by atoms with E-state index in [1.807, 2.05) is 0 Å². The average Bonchev–Trinajstić information content (AvgIpc) is 2.86. The van der Waals surface area contributed by atoms with Crippen LogP contribution in [0.25, 0.3) is 5.69 Å². The van der Waals surface area contributed by atoms with Crippen LogP contribution in [-0.2, 0) is 9.53 Å². The highest BCUT2D eigenvalue weighted by atomic mass is 35.5. The zero-order valence-corrected chi connectivity index (χ0v) is 16.6. The van der Waals surface area contributed by atoms with Crippen LogP contribution in [0.15, 0.2) is 24.3 Å². The maximum Gasteiger partial charge on any atom is 0.343 e. The molecule has 2 rings (SSSR count). The minimum absolute atomic E-state index is 0.0297. The van der Waals surface area contributed by atoms with Gasteiger partial charge in [0.15, 0.2) is 6.61 Å². The minimum atomic E-state index is -0.873. The number of aryl methyl sites for hydroxylation is 1. The van der Waals surface area contributed by atoms with E-state index in [0.717, 1.165) is 0 Å². The Balaban J connectivity index is 2.04. The number of amides is 3. The summed E-state index contributed by atoms with van der Waals surface area (Å²) in [5.41, 5.74) is 0.161. The van der Waals surface area contributed by atoms with Gasteiger partial charge in [-0.15, -0.1) is 0 Å². The summed E-state index contributed by atoms with van der Waals surface area (Å²) in [6, 6.07) is 4.65. The van der Waals surface area contributed by atoms with E-state index in [4.69, 9.17) is 16.3 Å². The van der Waals surface area contributed by atoms with Gasteiger partial charge in [0, 0.05) is 5.54 Å². The summed E-state index contributed by atoms with van der Waals surface area (Å²) < 4.78 is 19.2. The third kappa shape index (κ3) is 5.53. The Bertz CT molecular complexity index is 904. The highest BCUT2D eigenvalue weighted by Crippen LogP contribution is 2.24. The van der Waals surface area contributed by atoms with Gasteiger partial charge in [-0.1, -0.05) is 11.6 Å². The van der Waals surface area contributed by atoms with Crippen molar-refractivity contribution >= 4 is 29.5 Å². The quantitative estimate of drug-likeness (QED) is 0.754. The van der Waals surface area contributed by atoms with E-state index in [2.05, 4.69) is 15.7 Å². The van der Waals surface area contributed by atoms with Crippen molar-refractivity contribution in [3.8, 4) is 5.69 Å². The average molecular weight is 411 g/mol. The second-order valence-electron chi connectivity index (χ2n) is 6.97. The van der Waals surface area contributed by atoms with Crippen molar-refractivity contribution in [1.29, 1.82) is 0 Å². The largest absolute Gasteiger partial charge is 0.452 e. The number of imide groups is 1. The van der Waals surface area contributed by atoms with Crippen molar-refractivity contribution in [3.63, 3.8) is 0 Å². The molecule has 0 aliphatic carbocycles. The van der Waals surface area contributed by atoms with Gasteiger partial charge in [0.2, 0.25) is 0 Å². The van der Waals surface area contributed by atoms with Gasteiger partial charge >= 0.3 is 12.0 Å². The number of carbonyl (C=O) groups is 3. The van der Waals surface area contributed by atoms with Crippen LogP contribution >= 0.6 is 11.6 Å². The Morgan fingerprint density at radius 2 is 1.82 bits per heavy atom. The number of hydrogen-bond donors (Lipinski definition) is 2. The molecule has 1 aromatic heterocycles. The summed E-state index contributed by atoms with van der Waals surface area (Å²) >= 11 is 6.21. The predicted molar refractivity (Wildman–Crippen MR) is 100.0 cm³/mol. The molecule has 2 aromatic rings. The zero-order chi connectivity index (χ0) is 21.1. The van der Waals surface area contributed by atoms with Crippen LogP contribution in [0, 0.1) is 12.7 Å². The van der Waals surface area contributed by atoms with Crippen LogP contribution < -0.4 is 10.6 Å². The molecule has 0 fully saturated rings. The van der Waals surface area contributed by atoms with Crippen molar-refractivity contribution in [3.05, 3.63) is 46.5 Å². The standard InChI is InChI=1S/C18H20ClFN4O4/c1-10-14(15(19)24(23-10)12-7-5-11(20)6-8-12)16(26)28-9-13(25)21-17(27)22-18(2,3)4/h5-8H,9H2,1-4H3,(H2,21,22,25,27). The fraction of sp³-hybridized carbons (Fsp3) is 0.333. The van der Waals surface area contributed by atoms with E-state index >= 15 is 0 Å². The summed E-state index contributed by atoms with van der Waals surface area (Å²) in [6.07, 6.45) is 0. The third-order valence-corrected chi connectivity index (χ3v) is 3.70. The van der Waals surface area contributed by atoms with E-state index in [1.54, 1.807) is 27.7 Å². The van der Waals surface area contributed by atoms with Gasteiger partial charge in [-0.2, -0.15) is 5.10 Å². The van der Waals surface area contributed by atoms with E-state index < -0.39 is 35.9 Å². The number of ether oxygens (including phenoxy) is 1. The number of esters is 1. The molecule has 8 nitrogen and oxygen atoms in total. The second kappa shape index (κ2) is 8.39. The Labute approximate surface area is 166 Å². The first-order valence-electron chi connectivity index (χ1n) is 8.28. The number of benzene rings is 1. The van der Waals surface area contributed by atoms with E-state index in [9.17, 15) is 18.8 Å². The summed E-state index contributed by atoms with van der Waals surface area (Å²) in [5.74, 6) is -2.10. The summed E-state index contributed by atoms with van der Waals surface area (Å²) in [4.78, 5) is 35.7. The van der Waals surface area contributed by atoms with E-state index in [1.165, 1.54) is 28.9 Å². The van der Waals surface area contributed by atoms with Gasteiger partial charge in [0.05, 0.1) is 11.4 Å². The molecule has 0 atom stereocenters. The predicted octanol–water partition coefficient (Wildman–Crippen LogP) is 2.75. The lowest BCUT2D eigenvalue weighted by Crippen LogP contribution is -2.49. The molecule has 1 heterocycles. The first-order valence-corrected chi connectivity index (χ1v) is 8.66. The van der Waals surface area contributed by atoms with E-state index in [0.29, 0.717) is 5.69 Å². The SMILES string of the molecule is Cc1nn(-c2ccc(F)cc2)c(Cl)c1C(=O)OCC(=O)NC(=O)NC(C)(C)C. The smallest absolute Gasteiger partial charge is 0.343 e. The van der Waals surface area contributed by atoms with Crippen LogP contribution in [0.2, 0.25) is 5.15 Å². The highest BCUT2D eigenvalue weighted by molar-refractivity contribution is 6.33. The lowest BCUT2D eigenvalue weighted by Gasteiger charge is -2.20. The van der Waals surface area contributed by atoms with Gasteiger partial charge < -0.3 is 10.1 Å². The molecule has 0 unspecified atom stereocenters. The molecule has 0 radical (unpaired) electrons. The lowest BCUT2D eigenvalue weighted by molar-refractivity contribution is -0.123. The number of urea groups is 1. The molecule has 2 N–H and O–H groups in total. The van der Waals surface area contributed by atoms with Crippen LogP contribution in [0.3, 0.4) is 0 Å². The normalized spacial score (nSPS) is 11.1. The van der Waals surface area contributed by atoms with Crippen molar-refractivity contribution in [1.82, 2.24) is 20.4 Å². The van der Waals surface area contributed by atoms with Crippen molar-refractivity contribution in [2.45, 2.75) is 33.2 Å². The first-order chi connectivity index (χ1) is 13.0. The van der Waals surface area contributed by atoms with Crippen molar-refractivity contribution < 1.29 is 23.5 Å². The Kier molecular flexibility index (Phi) is 6.40. The molecule has 10 heteroatoms. The molecule has 150 valence electrons. The number of rotatable bonds is 4. The number of aromatic nitrogens is 2. The monoisotopic (exact) mass is 410 g/mol. The van der Waals surface area contributed by atoms with Crippen molar-refractivity contribution in [2.75, 3.05) is 6.61 Å². The minimum Gasteiger partial charge on any atom is -0.452 e. The Morgan fingerprint density at radius 1 is 1.21 bits per heavy atom. The molecule has 0 aliphatic heterocycles. The molecular weight excluding hydrogens is 391 g/mol. The molecular formula is C18H20ClFN4O4. The maximum atomic E-state index is 13.1. The van der Waals surface area contributed by atoms with Crippen LogP contribution in [0.4, 0.5) is 9.18 Å². The summed E-state index contributed by atoms with van der Waals surface area (Å²) in [6.45, 7) is 6.12. The molecule has 28 heavy (non-hydrogen) atoms. The van der Waals surface area contributed by atoms with Gasteiger partial charge in [0.25, 0.3) is 5.91 Å². The number of nitrogens with one attached hydrogen (secondary N) is 2. The maximum absolute atomic E-state index is 13.1. The van der Waals surface area contributed by atoms with Gasteiger partial charge in [-0.25, -0.2) is 18.7 Å². The van der Waals surface area contributed by atoms with Gasteiger partial charge in [-0.3, -0.25) is 10.1 Å². The molecule has 0 aliphatic rings. The number of carbonyl (C=O) groups excluding carboxylic acids is 3. The van der Waals surface area contributed by atoms with Gasteiger partial charge in [0.1, 0.15) is 16.5 Å². The molecule has 0 saturated carbocycles. The molecule has 0 saturated heterocycles. The summed E-state index contributed by atoms with van der Waals surface area (Å²) in [5, 5.41) is 8.70. The lowest BCUT2D eigenvalue weighted by atomic mass is 10.1. The van der Waals surface area contributed by atoms with Crippen LogP contribution in [0.1, 0.15) is 36.8 Å². The molecule has 0 spiro atoms. The Hall–Kier alpha value is -2.94. The fourth-order valence-corrected chi connectivity index (χ4v) is 2.57. The topological polar surface area (TPSA) is 102 Å². The summed E-state index contributed by atoms with van der Waals surface area (Å²) in [7, 11) is 0. The highest BCUT2D eigenvalue weighted by Gasteiger charge is 2.24. The molecule has 1 aromatic carbocycles. The Morgan fingerprint density at radius 3 is 2.39 bits per heavy atom. The van der Waals surface area contributed by atoms with Crippen molar-refractivity contribution in [2.24, 2.45) is 0 Å². The fourth-order valence-electron chi connectivity index (χ4n) is 2.22. The van der Waals surface area contributed by atoms with E-state index in [-0.39, 0.29) is 16.4 Å². The number of halogens is 2. The van der Waals surface area contributed by atoms with Gasteiger partial charge in [-0.05, 0) is 52.0 Å². The zero-order valence-electron chi connectivity index (χ0n) is 15.8. The number of hydrogen-bond acceptors (Lipinski definition) is 5. The first kappa shape index (κ1) is 21.4. The van der Waals surface area contributed by atoms with Crippen LogP contribution in [0.5, 0.6) is 0 Å². The molecule has 3 amide bonds. The molecule has 0 bridgehead atoms. The third-order valence-electron chi connectivity index (χ3n) is 3.36. The second-order valence-corrected chi connectivity index (χ2v) is 7.33.